The van der Waals surface area contributed by atoms with Gasteiger partial charge in [-0.1, -0.05) is 24.3 Å². The normalized spacial score (nSPS) is 34.1. The molecule has 0 saturated carbocycles. The predicted octanol–water partition coefficient (Wildman–Crippen LogP) is -1.96. The van der Waals surface area contributed by atoms with Gasteiger partial charge in [-0.3, -0.25) is 9.59 Å². The third-order valence-electron chi connectivity index (χ3n) is 11.0. The topological polar surface area (TPSA) is 322 Å². The molecular formula is C42H54O22. The lowest BCUT2D eigenvalue weighted by Crippen LogP contribution is -2.60. The quantitative estimate of drug-likeness (QED) is 0.0386. The van der Waals surface area contributed by atoms with Gasteiger partial charge in [0, 0.05) is 29.4 Å². The van der Waals surface area contributed by atoms with Crippen LogP contribution in [0.5, 0.6) is 5.75 Å². The fourth-order valence-corrected chi connectivity index (χ4v) is 7.42. The molecule has 64 heavy (non-hydrogen) atoms. The number of carbonyl (C=O) groups is 4. The first kappa shape index (κ1) is 50.2. The number of esters is 4. The molecule has 0 aromatic heterocycles. The van der Waals surface area contributed by atoms with Crippen LogP contribution in [0.2, 0.25) is 0 Å². The molecule has 2 fully saturated rings. The van der Waals surface area contributed by atoms with Crippen molar-refractivity contribution in [2.24, 2.45) is 11.8 Å². The molecule has 0 bridgehead atoms. The van der Waals surface area contributed by atoms with Crippen molar-refractivity contribution in [3.63, 3.8) is 0 Å². The number of hydrogen-bond donors (Lipinski definition) is 8. The number of methoxy groups -OCH3 is 2. The van der Waals surface area contributed by atoms with Crippen molar-refractivity contribution < 1.29 is 107 Å². The SMILES string of the molecule is C/C=C1\[C@H](O[C@@H]2O[C@H](CO)[C@@H](O)[C@H](O)[C@H]2O)OC=C(C(=O)OC)[C@H]1CC(=O)OCCc1ccc(OC(=O)C[C@@H]2C(C(=O)OC)=CO[C@@H](O[C@@H]3O[C@H](CO)[C@@H](O)[C@H](O)[C@H]3O)/C2=C\C)cc1. The van der Waals surface area contributed by atoms with E-state index in [9.17, 15) is 60.0 Å². The van der Waals surface area contributed by atoms with Gasteiger partial charge in [0.2, 0.25) is 12.6 Å². The average molecular weight is 911 g/mol. The van der Waals surface area contributed by atoms with Gasteiger partial charge in [0.25, 0.3) is 0 Å². The minimum atomic E-state index is -1.75. The number of benzene rings is 1. The number of carbonyl (C=O) groups excluding carboxylic acids is 4. The summed E-state index contributed by atoms with van der Waals surface area (Å²) in [5, 5.41) is 80.8. The van der Waals surface area contributed by atoms with E-state index >= 15 is 0 Å². The number of aliphatic hydroxyl groups is 8. The van der Waals surface area contributed by atoms with Gasteiger partial charge in [-0.05, 0) is 31.5 Å². The van der Waals surface area contributed by atoms with Crippen molar-refractivity contribution in [3.8, 4) is 5.75 Å². The zero-order valence-corrected chi connectivity index (χ0v) is 35.2. The van der Waals surface area contributed by atoms with E-state index in [2.05, 4.69) is 0 Å². The minimum Gasteiger partial charge on any atom is -0.468 e. The molecule has 1 aromatic carbocycles. The summed E-state index contributed by atoms with van der Waals surface area (Å²) in [5.41, 5.74) is 1.08. The number of allylic oxidation sites excluding steroid dienone is 2. The monoisotopic (exact) mass is 910 g/mol. The van der Waals surface area contributed by atoms with Gasteiger partial charge in [-0.25, -0.2) is 9.59 Å². The van der Waals surface area contributed by atoms with Crippen LogP contribution in [-0.4, -0.2) is 173 Å². The van der Waals surface area contributed by atoms with E-state index in [1.54, 1.807) is 26.0 Å². The highest BCUT2D eigenvalue weighted by molar-refractivity contribution is 5.91. The average Bonchev–Trinajstić information content (AvgIpc) is 3.29. The summed E-state index contributed by atoms with van der Waals surface area (Å²) >= 11 is 0. The Hall–Kier alpha value is -4.82. The molecule has 5 rings (SSSR count). The summed E-state index contributed by atoms with van der Waals surface area (Å²) < 4.78 is 54.4. The summed E-state index contributed by atoms with van der Waals surface area (Å²) in [6, 6.07) is 6.26. The van der Waals surface area contributed by atoms with Crippen molar-refractivity contribution in [3.05, 3.63) is 76.8 Å². The van der Waals surface area contributed by atoms with Crippen LogP contribution in [0.3, 0.4) is 0 Å². The Morgan fingerprint density at radius 3 is 1.47 bits per heavy atom. The van der Waals surface area contributed by atoms with E-state index in [1.807, 2.05) is 0 Å². The van der Waals surface area contributed by atoms with E-state index in [1.165, 1.54) is 24.3 Å². The molecular weight excluding hydrogens is 856 g/mol. The fourth-order valence-electron chi connectivity index (χ4n) is 7.42. The summed E-state index contributed by atoms with van der Waals surface area (Å²) in [6.45, 7) is 1.68. The number of ether oxygens (including phenoxy) is 10. The van der Waals surface area contributed by atoms with Crippen LogP contribution in [0.1, 0.15) is 32.3 Å². The van der Waals surface area contributed by atoms with Gasteiger partial charge in [-0.2, -0.15) is 0 Å². The van der Waals surface area contributed by atoms with Crippen molar-refractivity contribution in [1.29, 1.82) is 0 Å². The second-order valence-corrected chi connectivity index (χ2v) is 14.9. The Morgan fingerprint density at radius 1 is 0.625 bits per heavy atom. The first-order chi connectivity index (χ1) is 30.6. The summed E-state index contributed by atoms with van der Waals surface area (Å²) in [4.78, 5) is 51.9. The van der Waals surface area contributed by atoms with E-state index in [0.29, 0.717) is 5.56 Å². The fraction of sp³-hybridized carbons (Fsp3) is 0.571. The van der Waals surface area contributed by atoms with Crippen molar-refractivity contribution in [1.82, 2.24) is 0 Å². The molecule has 22 nitrogen and oxygen atoms in total. The first-order valence-corrected chi connectivity index (χ1v) is 20.2. The van der Waals surface area contributed by atoms with Gasteiger partial charge in [-0.15, -0.1) is 0 Å². The molecule has 2 saturated heterocycles. The van der Waals surface area contributed by atoms with Crippen molar-refractivity contribution in [2.45, 2.75) is 107 Å². The van der Waals surface area contributed by atoms with Crippen molar-refractivity contribution in [2.75, 3.05) is 34.0 Å². The summed E-state index contributed by atoms with van der Waals surface area (Å²) in [5.74, 6) is -4.95. The van der Waals surface area contributed by atoms with Crippen LogP contribution >= 0.6 is 0 Å². The van der Waals surface area contributed by atoms with Gasteiger partial charge in [0.1, 0.15) is 54.6 Å². The molecule has 4 aliphatic rings. The molecule has 1 aromatic rings. The Balaban J connectivity index is 1.17. The van der Waals surface area contributed by atoms with E-state index in [0.717, 1.165) is 26.7 Å². The van der Waals surface area contributed by atoms with E-state index in [4.69, 9.17) is 47.4 Å². The highest BCUT2D eigenvalue weighted by atomic mass is 16.8. The third-order valence-corrected chi connectivity index (χ3v) is 11.0. The maximum Gasteiger partial charge on any atom is 0.337 e. The van der Waals surface area contributed by atoms with E-state index < -0.39 is 129 Å². The minimum absolute atomic E-state index is 0.0381. The van der Waals surface area contributed by atoms with E-state index in [-0.39, 0.29) is 47.5 Å². The maximum atomic E-state index is 13.3. The Morgan fingerprint density at radius 2 is 1.06 bits per heavy atom. The lowest BCUT2D eigenvalue weighted by molar-refractivity contribution is -0.327. The van der Waals surface area contributed by atoms with Crippen LogP contribution in [0.25, 0.3) is 0 Å². The van der Waals surface area contributed by atoms with Gasteiger partial charge in [0.05, 0.1) is 70.6 Å². The molecule has 0 aliphatic carbocycles. The molecule has 0 unspecified atom stereocenters. The second-order valence-electron chi connectivity index (χ2n) is 14.9. The molecule has 4 heterocycles. The highest BCUT2D eigenvalue weighted by Gasteiger charge is 2.48. The second kappa shape index (κ2) is 22.9. The molecule has 8 N–H and O–H groups in total. The number of rotatable bonds is 16. The molecule has 22 heteroatoms. The molecule has 0 spiro atoms. The standard InChI is InChI=1S/C42H54O22/c1-5-21-23(25(37(53)55-3)17-58-39(21)63-41-35(51)33(49)31(47)27(15-43)61-41)13-29(45)57-12-11-19-7-9-20(10-8-19)60-30(46)14-24-22(6-2)40(59-18-26(24)38(54)56-4)64-42-36(52)34(50)32(48)28(16-44)62-42/h5-10,17-18,23-24,27-28,31-36,39-44,47-52H,11-16H2,1-4H3/b21-5-,22-6-/t23-,24-,27+,28+,31+,32+,33-,34-,35+,36+,39-,40-,41-,42-/m0/s1. The Bertz CT molecular complexity index is 1910. The zero-order chi connectivity index (χ0) is 46.8. The maximum absolute atomic E-state index is 13.3. The highest BCUT2D eigenvalue weighted by Crippen LogP contribution is 2.38. The third kappa shape index (κ3) is 11.5. The first-order valence-electron chi connectivity index (χ1n) is 20.2. The summed E-state index contributed by atoms with van der Waals surface area (Å²) in [7, 11) is 2.28. The van der Waals surface area contributed by atoms with Crippen LogP contribution in [-0.2, 0) is 68.2 Å². The smallest absolute Gasteiger partial charge is 0.337 e. The van der Waals surface area contributed by atoms with Crippen LogP contribution in [0.15, 0.2) is 71.2 Å². The van der Waals surface area contributed by atoms with Gasteiger partial charge >= 0.3 is 23.9 Å². The molecule has 354 valence electrons. The largest absolute Gasteiger partial charge is 0.468 e. The van der Waals surface area contributed by atoms with Crippen LogP contribution in [0.4, 0.5) is 0 Å². The number of hydrogen-bond acceptors (Lipinski definition) is 22. The predicted molar refractivity (Wildman–Crippen MR) is 210 cm³/mol. The van der Waals surface area contributed by atoms with Crippen LogP contribution < -0.4 is 4.74 Å². The summed E-state index contributed by atoms with van der Waals surface area (Å²) in [6.07, 6.45) is -14.0. The van der Waals surface area contributed by atoms with Gasteiger partial charge < -0.3 is 88.2 Å². The lowest BCUT2D eigenvalue weighted by Gasteiger charge is -2.41. The lowest BCUT2D eigenvalue weighted by atomic mass is 9.86. The van der Waals surface area contributed by atoms with Crippen LogP contribution in [0, 0.1) is 11.8 Å². The Labute approximate surface area is 366 Å². The number of aliphatic hydroxyl groups excluding tert-OH is 8. The Kier molecular flexibility index (Phi) is 17.9. The molecule has 14 atom stereocenters. The zero-order valence-electron chi connectivity index (χ0n) is 35.2. The molecule has 0 amide bonds. The van der Waals surface area contributed by atoms with Gasteiger partial charge in [0.15, 0.2) is 12.6 Å². The molecule has 4 aliphatic heterocycles. The van der Waals surface area contributed by atoms with Crippen molar-refractivity contribution >= 4 is 23.9 Å². The molecule has 0 radical (unpaired) electrons.